The summed E-state index contributed by atoms with van der Waals surface area (Å²) in [5.74, 6) is 5.28. The number of carbonyl (C=O) groups is 1. The minimum Gasteiger partial charge on any atom is -0.321 e. The van der Waals surface area contributed by atoms with E-state index in [4.69, 9.17) is 17.4 Å². The Labute approximate surface area is 128 Å². The number of aryl methyl sites for hydroxylation is 1. The highest BCUT2D eigenvalue weighted by Crippen LogP contribution is 2.18. The van der Waals surface area contributed by atoms with Crippen molar-refractivity contribution >= 4 is 29.0 Å². The molecular weight excluding hydrogens is 288 g/mol. The second-order valence-corrected chi connectivity index (χ2v) is 4.98. The third-order valence-corrected chi connectivity index (χ3v) is 3.26. The molecule has 0 unspecified atom stereocenters. The quantitative estimate of drug-likeness (QED) is 0.585. The highest BCUT2D eigenvalue weighted by molar-refractivity contribution is 6.34. The number of amides is 1. The van der Waals surface area contributed by atoms with Gasteiger partial charge in [0.05, 0.1) is 5.02 Å². The Bertz CT molecular complexity index is 628. The molecule has 21 heavy (non-hydrogen) atoms. The lowest BCUT2D eigenvalue weighted by Gasteiger charge is -2.08. The van der Waals surface area contributed by atoms with Crippen LogP contribution in [-0.2, 0) is 6.42 Å². The average molecular weight is 305 g/mol. The lowest BCUT2D eigenvalue weighted by Crippen LogP contribution is -2.16. The number of carbonyl (C=O) groups excluding carboxylic acids is 1. The fourth-order valence-electron chi connectivity index (χ4n) is 1.92. The van der Waals surface area contributed by atoms with Gasteiger partial charge in [0.25, 0.3) is 5.91 Å². The van der Waals surface area contributed by atoms with E-state index in [1.165, 1.54) is 5.56 Å². The summed E-state index contributed by atoms with van der Waals surface area (Å²) in [4.78, 5) is 16.2. The van der Waals surface area contributed by atoms with Gasteiger partial charge in [-0.3, -0.25) is 4.79 Å². The summed E-state index contributed by atoms with van der Waals surface area (Å²) in [6, 6.07) is 10.9. The number of nitrogens with zero attached hydrogens (tertiary/aromatic N) is 1. The molecule has 2 rings (SSSR count). The largest absolute Gasteiger partial charge is 0.321 e. The molecule has 0 fully saturated rings. The van der Waals surface area contributed by atoms with Crippen LogP contribution in [0, 0.1) is 0 Å². The fraction of sp³-hybridized carbons (Fsp3) is 0.200. The first kappa shape index (κ1) is 15.3. The van der Waals surface area contributed by atoms with Crippen molar-refractivity contribution < 1.29 is 4.79 Å². The van der Waals surface area contributed by atoms with Gasteiger partial charge in [-0.05, 0) is 36.2 Å². The summed E-state index contributed by atoms with van der Waals surface area (Å²) in [6.45, 7) is 2.13. The maximum absolute atomic E-state index is 12.2. The van der Waals surface area contributed by atoms with Crippen LogP contribution in [0.15, 0.2) is 36.4 Å². The van der Waals surface area contributed by atoms with Gasteiger partial charge in [-0.25, -0.2) is 10.8 Å². The Balaban J connectivity index is 2.14. The van der Waals surface area contributed by atoms with Crippen molar-refractivity contribution in [2.24, 2.45) is 5.84 Å². The molecule has 2 aromatic rings. The molecule has 0 spiro atoms. The Morgan fingerprint density at radius 2 is 1.95 bits per heavy atom. The van der Waals surface area contributed by atoms with E-state index in [9.17, 15) is 4.79 Å². The highest BCUT2D eigenvalue weighted by atomic mass is 35.5. The number of hydrogen-bond donors (Lipinski definition) is 3. The van der Waals surface area contributed by atoms with Gasteiger partial charge in [0.2, 0.25) is 0 Å². The first-order valence-electron chi connectivity index (χ1n) is 6.67. The number of rotatable bonds is 5. The molecule has 110 valence electrons. The lowest BCUT2D eigenvalue weighted by atomic mass is 10.1. The van der Waals surface area contributed by atoms with Crippen molar-refractivity contribution in [2.75, 3.05) is 10.7 Å². The number of pyridine rings is 1. The molecule has 0 radical (unpaired) electrons. The van der Waals surface area contributed by atoms with Crippen molar-refractivity contribution in [2.45, 2.75) is 19.8 Å². The first-order valence-corrected chi connectivity index (χ1v) is 7.05. The van der Waals surface area contributed by atoms with E-state index in [1.54, 1.807) is 12.1 Å². The minimum atomic E-state index is -0.375. The molecule has 1 aromatic heterocycles. The second kappa shape index (κ2) is 7.06. The molecule has 1 heterocycles. The number of nitrogens with two attached hydrogens (primary N) is 1. The summed E-state index contributed by atoms with van der Waals surface area (Å²) in [7, 11) is 0. The fourth-order valence-corrected chi connectivity index (χ4v) is 2.11. The van der Waals surface area contributed by atoms with Crippen molar-refractivity contribution in [3.05, 3.63) is 52.7 Å². The Kier molecular flexibility index (Phi) is 5.14. The summed E-state index contributed by atoms with van der Waals surface area (Å²) < 4.78 is 0. The standard InChI is InChI=1S/C15H17ClN4O/c1-2-3-10-4-6-11(7-5-10)18-15(21)14-12(16)8-9-13(19-14)20-17/h4-9H,2-3,17H2,1H3,(H,18,21)(H,19,20). The SMILES string of the molecule is CCCc1ccc(NC(=O)c2nc(NN)ccc2Cl)cc1. The van der Waals surface area contributed by atoms with Crippen molar-refractivity contribution in [1.29, 1.82) is 0 Å². The summed E-state index contributed by atoms with van der Waals surface area (Å²) >= 11 is 5.99. The highest BCUT2D eigenvalue weighted by Gasteiger charge is 2.13. The Morgan fingerprint density at radius 1 is 1.24 bits per heavy atom. The van der Waals surface area contributed by atoms with Crippen LogP contribution in [0.5, 0.6) is 0 Å². The van der Waals surface area contributed by atoms with E-state index < -0.39 is 0 Å². The predicted octanol–water partition coefficient (Wildman–Crippen LogP) is 3.23. The van der Waals surface area contributed by atoms with Crippen LogP contribution in [-0.4, -0.2) is 10.9 Å². The molecule has 0 bridgehead atoms. The maximum atomic E-state index is 12.2. The lowest BCUT2D eigenvalue weighted by molar-refractivity contribution is 0.102. The zero-order chi connectivity index (χ0) is 15.2. The number of aromatic nitrogens is 1. The number of halogens is 1. The molecule has 4 N–H and O–H groups in total. The van der Waals surface area contributed by atoms with Gasteiger partial charge in [-0.2, -0.15) is 0 Å². The number of anilines is 2. The normalized spacial score (nSPS) is 10.2. The molecular formula is C15H17ClN4O. The molecule has 5 nitrogen and oxygen atoms in total. The molecule has 0 saturated carbocycles. The van der Waals surface area contributed by atoms with Crippen LogP contribution in [0.25, 0.3) is 0 Å². The summed E-state index contributed by atoms with van der Waals surface area (Å²) in [5.41, 5.74) is 4.45. The van der Waals surface area contributed by atoms with Gasteiger partial charge in [-0.1, -0.05) is 37.1 Å². The monoisotopic (exact) mass is 304 g/mol. The minimum absolute atomic E-state index is 0.129. The Hall–Kier alpha value is -2.11. The first-order chi connectivity index (χ1) is 10.1. The molecule has 6 heteroatoms. The van der Waals surface area contributed by atoms with Crippen LogP contribution >= 0.6 is 11.6 Å². The van der Waals surface area contributed by atoms with Gasteiger partial charge in [0, 0.05) is 5.69 Å². The van der Waals surface area contributed by atoms with Crippen molar-refractivity contribution in [3.8, 4) is 0 Å². The summed E-state index contributed by atoms with van der Waals surface area (Å²) in [6.07, 6.45) is 2.11. The molecule has 0 aliphatic rings. The summed E-state index contributed by atoms with van der Waals surface area (Å²) in [5, 5.41) is 3.04. The van der Waals surface area contributed by atoms with Gasteiger partial charge in [-0.15, -0.1) is 0 Å². The van der Waals surface area contributed by atoms with Crippen LogP contribution < -0.4 is 16.6 Å². The molecule has 0 aliphatic heterocycles. The van der Waals surface area contributed by atoms with Crippen molar-refractivity contribution in [3.63, 3.8) is 0 Å². The topological polar surface area (TPSA) is 80.0 Å². The molecule has 1 amide bonds. The van der Waals surface area contributed by atoms with E-state index in [0.29, 0.717) is 11.5 Å². The zero-order valence-corrected chi connectivity index (χ0v) is 12.4. The van der Waals surface area contributed by atoms with E-state index >= 15 is 0 Å². The van der Waals surface area contributed by atoms with Gasteiger partial charge < -0.3 is 10.7 Å². The molecule has 0 saturated heterocycles. The third-order valence-electron chi connectivity index (χ3n) is 2.96. The Morgan fingerprint density at radius 3 is 2.57 bits per heavy atom. The predicted molar refractivity (Wildman–Crippen MR) is 85.4 cm³/mol. The number of nitrogen functional groups attached to an aromatic ring is 1. The smallest absolute Gasteiger partial charge is 0.275 e. The number of hydrogen-bond acceptors (Lipinski definition) is 4. The van der Waals surface area contributed by atoms with E-state index in [1.807, 2.05) is 24.3 Å². The maximum Gasteiger partial charge on any atom is 0.275 e. The van der Waals surface area contributed by atoms with E-state index in [0.717, 1.165) is 12.8 Å². The van der Waals surface area contributed by atoms with Crippen LogP contribution in [0.4, 0.5) is 11.5 Å². The average Bonchev–Trinajstić information content (AvgIpc) is 2.50. The van der Waals surface area contributed by atoms with Crippen LogP contribution in [0.2, 0.25) is 5.02 Å². The van der Waals surface area contributed by atoms with E-state index in [-0.39, 0.29) is 16.6 Å². The second-order valence-electron chi connectivity index (χ2n) is 4.57. The van der Waals surface area contributed by atoms with Gasteiger partial charge >= 0.3 is 0 Å². The van der Waals surface area contributed by atoms with Gasteiger partial charge in [0.1, 0.15) is 11.5 Å². The number of benzene rings is 1. The molecule has 0 aliphatic carbocycles. The van der Waals surface area contributed by atoms with E-state index in [2.05, 4.69) is 22.7 Å². The van der Waals surface area contributed by atoms with Gasteiger partial charge in [0.15, 0.2) is 0 Å². The third kappa shape index (κ3) is 3.93. The van der Waals surface area contributed by atoms with Crippen LogP contribution in [0.3, 0.4) is 0 Å². The van der Waals surface area contributed by atoms with Crippen molar-refractivity contribution in [1.82, 2.24) is 4.98 Å². The molecule has 1 aromatic carbocycles. The van der Waals surface area contributed by atoms with Crippen LogP contribution in [0.1, 0.15) is 29.4 Å². The number of hydrazine groups is 1. The number of nitrogens with one attached hydrogen (secondary N) is 2. The zero-order valence-electron chi connectivity index (χ0n) is 11.7. The molecule has 0 atom stereocenters.